The van der Waals surface area contributed by atoms with Gasteiger partial charge in [0, 0.05) is 19.2 Å². The summed E-state index contributed by atoms with van der Waals surface area (Å²) >= 11 is 0. The molecule has 1 aliphatic heterocycles. The van der Waals surface area contributed by atoms with Gasteiger partial charge in [-0.25, -0.2) is 4.98 Å². The first kappa shape index (κ1) is 18.3. The predicted molar refractivity (Wildman–Crippen MR) is 109 cm³/mol. The van der Waals surface area contributed by atoms with E-state index in [1.54, 1.807) is 6.20 Å². The number of hydrogen-bond donors (Lipinski definition) is 0. The fourth-order valence-corrected chi connectivity index (χ4v) is 3.34. The number of rotatable bonds is 2. The molecule has 0 N–H and O–H groups in total. The molecule has 26 heavy (non-hydrogen) atoms. The Bertz CT molecular complexity index is 1020. The van der Waals surface area contributed by atoms with Crippen molar-refractivity contribution in [2.75, 3.05) is 0 Å². The van der Waals surface area contributed by atoms with E-state index >= 15 is 0 Å². The van der Waals surface area contributed by atoms with E-state index in [2.05, 4.69) is 18.8 Å². The van der Waals surface area contributed by atoms with Gasteiger partial charge in [0.2, 0.25) is 0 Å². The Morgan fingerprint density at radius 3 is 2.77 bits per heavy atom. The highest BCUT2D eigenvalue weighted by Crippen LogP contribution is 2.30. The fraction of sp³-hybridized carbons (Fsp3) is 0.286. The van der Waals surface area contributed by atoms with Crippen molar-refractivity contribution in [2.24, 2.45) is 5.41 Å². The normalized spacial score (nSPS) is 15.6. The molecule has 0 spiro atoms. The zero-order valence-corrected chi connectivity index (χ0v) is 15.8. The summed E-state index contributed by atoms with van der Waals surface area (Å²) in [5, 5.41) is 0.693. The summed E-state index contributed by atoms with van der Waals surface area (Å²) in [6, 6.07) is 11.7. The van der Waals surface area contributed by atoms with Crippen LogP contribution in [0, 0.1) is 5.41 Å². The second kappa shape index (κ2) is 7.04. The number of aromatic nitrogens is 3. The maximum absolute atomic E-state index is 12.8. The van der Waals surface area contributed by atoms with Gasteiger partial charge in [0.15, 0.2) is 0 Å². The number of halogens is 1. The minimum absolute atomic E-state index is 0. The standard InChI is InChI=1S/C21H21N3O.ClH/c1-21(2)10-12-24-19(14-21)23-18-13-15(7-9-17(18)20(24)25)6-8-16-5-3-4-11-22-16;/h3-9,11,13H,10,12,14H2,1-2H3;1H/b8-6+;. The van der Waals surface area contributed by atoms with E-state index < -0.39 is 0 Å². The summed E-state index contributed by atoms with van der Waals surface area (Å²) in [5.41, 5.74) is 2.98. The van der Waals surface area contributed by atoms with Crippen molar-refractivity contribution in [3.05, 3.63) is 70.0 Å². The van der Waals surface area contributed by atoms with Crippen LogP contribution in [-0.4, -0.2) is 14.5 Å². The van der Waals surface area contributed by atoms with Gasteiger partial charge in [-0.2, -0.15) is 0 Å². The van der Waals surface area contributed by atoms with Crippen LogP contribution in [0.2, 0.25) is 0 Å². The van der Waals surface area contributed by atoms with E-state index in [4.69, 9.17) is 4.98 Å². The number of pyridine rings is 1. The Balaban J connectivity index is 0.00000196. The molecule has 0 radical (unpaired) electrons. The van der Waals surface area contributed by atoms with Gasteiger partial charge in [0.1, 0.15) is 5.82 Å². The van der Waals surface area contributed by atoms with Gasteiger partial charge in [-0.15, -0.1) is 12.4 Å². The molecule has 4 nitrogen and oxygen atoms in total. The van der Waals surface area contributed by atoms with E-state index in [1.165, 1.54) is 0 Å². The first-order valence-corrected chi connectivity index (χ1v) is 8.64. The van der Waals surface area contributed by atoms with Crippen LogP contribution in [0.4, 0.5) is 0 Å². The quantitative estimate of drug-likeness (QED) is 0.676. The Morgan fingerprint density at radius 1 is 1.15 bits per heavy atom. The Kier molecular flexibility index (Phi) is 4.97. The molecule has 5 heteroatoms. The molecule has 0 saturated carbocycles. The summed E-state index contributed by atoms with van der Waals surface area (Å²) in [6.07, 6.45) is 7.60. The van der Waals surface area contributed by atoms with Crippen molar-refractivity contribution in [1.29, 1.82) is 0 Å². The lowest BCUT2D eigenvalue weighted by molar-refractivity contribution is 0.261. The molecular weight excluding hydrogens is 346 g/mol. The number of benzene rings is 1. The Labute approximate surface area is 159 Å². The molecule has 0 fully saturated rings. The molecular formula is C21H22ClN3O. The number of nitrogens with zero attached hydrogens (tertiary/aromatic N) is 3. The molecule has 0 bridgehead atoms. The lowest BCUT2D eigenvalue weighted by Gasteiger charge is -2.31. The first-order valence-electron chi connectivity index (χ1n) is 8.64. The van der Waals surface area contributed by atoms with E-state index in [0.29, 0.717) is 5.39 Å². The van der Waals surface area contributed by atoms with Crippen LogP contribution < -0.4 is 5.56 Å². The maximum atomic E-state index is 12.8. The SMILES string of the molecule is CC1(C)CCn2c(nc3cc(/C=C/c4ccccn4)ccc3c2=O)C1.Cl. The molecule has 2 aromatic heterocycles. The van der Waals surface area contributed by atoms with Crippen LogP contribution in [0.5, 0.6) is 0 Å². The van der Waals surface area contributed by atoms with Crippen LogP contribution in [0.25, 0.3) is 23.1 Å². The van der Waals surface area contributed by atoms with E-state index in [-0.39, 0.29) is 23.4 Å². The average Bonchev–Trinajstić information content (AvgIpc) is 2.60. The minimum Gasteiger partial charge on any atom is -0.296 e. The minimum atomic E-state index is 0. The summed E-state index contributed by atoms with van der Waals surface area (Å²) in [4.78, 5) is 21.9. The van der Waals surface area contributed by atoms with Gasteiger partial charge in [0.25, 0.3) is 5.56 Å². The highest BCUT2D eigenvalue weighted by molar-refractivity contribution is 5.85. The Hall–Kier alpha value is -2.46. The van der Waals surface area contributed by atoms with Gasteiger partial charge >= 0.3 is 0 Å². The zero-order chi connectivity index (χ0) is 17.4. The summed E-state index contributed by atoms with van der Waals surface area (Å²) in [6.45, 7) is 5.23. The second-order valence-corrected chi connectivity index (χ2v) is 7.44. The van der Waals surface area contributed by atoms with Crippen molar-refractivity contribution in [3.63, 3.8) is 0 Å². The van der Waals surface area contributed by atoms with Gasteiger partial charge in [-0.05, 0) is 47.7 Å². The second-order valence-electron chi connectivity index (χ2n) is 7.44. The molecule has 0 amide bonds. The highest BCUT2D eigenvalue weighted by atomic mass is 35.5. The van der Waals surface area contributed by atoms with Crippen molar-refractivity contribution in [2.45, 2.75) is 33.2 Å². The van der Waals surface area contributed by atoms with Crippen molar-refractivity contribution >= 4 is 35.5 Å². The third-order valence-corrected chi connectivity index (χ3v) is 4.84. The lowest BCUT2D eigenvalue weighted by atomic mass is 9.83. The third-order valence-electron chi connectivity index (χ3n) is 4.84. The number of fused-ring (bicyclic) bond motifs is 2. The molecule has 0 unspecified atom stereocenters. The van der Waals surface area contributed by atoms with Crippen molar-refractivity contribution in [1.82, 2.24) is 14.5 Å². The van der Waals surface area contributed by atoms with Gasteiger partial charge < -0.3 is 0 Å². The molecule has 3 heterocycles. The summed E-state index contributed by atoms with van der Waals surface area (Å²) in [5.74, 6) is 0.902. The lowest BCUT2D eigenvalue weighted by Crippen LogP contribution is -2.35. The summed E-state index contributed by atoms with van der Waals surface area (Å²) in [7, 11) is 0. The monoisotopic (exact) mass is 367 g/mol. The molecule has 134 valence electrons. The molecule has 4 rings (SSSR count). The molecule has 0 aliphatic carbocycles. The van der Waals surface area contributed by atoms with Gasteiger partial charge in [-0.1, -0.05) is 32.1 Å². The van der Waals surface area contributed by atoms with Crippen LogP contribution in [0.15, 0.2) is 47.4 Å². The van der Waals surface area contributed by atoms with Crippen LogP contribution in [0.1, 0.15) is 37.4 Å². The van der Waals surface area contributed by atoms with Crippen LogP contribution in [-0.2, 0) is 13.0 Å². The molecule has 3 aromatic rings. The maximum Gasteiger partial charge on any atom is 0.261 e. The van der Waals surface area contributed by atoms with Gasteiger partial charge in [-0.3, -0.25) is 14.3 Å². The molecule has 1 aliphatic rings. The largest absolute Gasteiger partial charge is 0.296 e. The zero-order valence-electron chi connectivity index (χ0n) is 15.0. The molecule has 1 aromatic carbocycles. The predicted octanol–water partition coefficient (Wildman–Crippen LogP) is 4.36. The molecule has 0 atom stereocenters. The first-order chi connectivity index (χ1) is 12.0. The van der Waals surface area contributed by atoms with E-state index in [0.717, 1.165) is 42.0 Å². The van der Waals surface area contributed by atoms with Gasteiger partial charge in [0.05, 0.1) is 16.6 Å². The van der Waals surface area contributed by atoms with Crippen molar-refractivity contribution < 1.29 is 0 Å². The van der Waals surface area contributed by atoms with E-state index in [1.807, 2.05) is 53.1 Å². The Morgan fingerprint density at radius 2 is 2.00 bits per heavy atom. The highest BCUT2D eigenvalue weighted by Gasteiger charge is 2.27. The third kappa shape index (κ3) is 3.56. The van der Waals surface area contributed by atoms with Crippen LogP contribution in [0.3, 0.4) is 0 Å². The smallest absolute Gasteiger partial charge is 0.261 e. The van der Waals surface area contributed by atoms with Crippen molar-refractivity contribution in [3.8, 4) is 0 Å². The fourth-order valence-electron chi connectivity index (χ4n) is 3.34. The average molecular weight is 368 g/mol. The number of hydrogen-bond acceptors (Lipinski definition) is 3. The van der Waals surface area contributed by atoms with E-state index in [9.17, 15) is 4.79 Å². The molecule has 0 saturated heterocycles. The van der Waals surface area contributed by atoms with Crippen LogP contribution >= 0.6 is 12.4 Å². The summed E-state index contributed by atoms with van der Waals surface area (Å²) < 4.78 is 1.84. The topological polar surface area (TPSA) is 47.8 Å².